The molecule has 0 saturated carbocycles. The van der Waals surface area contributed by atoms with Crippen LogP contribution in [0.25, 0.3) is 0 Å². The molecule has 2 amide bonds. The molecule has 6 nitrogen and oxygen atoms in total. The molecule has 84 valence electrons. The van der Waals surface area contributed by atoms with Crippen molar-refractivity contribution in [2.75, 3.05) is 13.1 Å². The Balaban J connectivity index is 2.17. The van der Waals surface area contributed by atoms with Crippen LogP contribution in [0.1, 0.15) is 12.6 Å². The van der Waals surface area contributed by atoms with Crippen LogP contribution in [0.4, 0.5) is 4.79 Å². The quantitative estimate of drug-likeness (QED) is 0.563. The molecular weight excluding hydrogens is 194 g/mol. The fourth-order valence-corrected chi connectivity index (χ4v) is 1.27. The van der Waals surface area contributed by atoms with Crippen molar-refractivity contribution in [1.29, 1.82) is 0 Å². The smallest absolute Gasteiger partial charge is 0.312 e. The number of hydrogen-bond donors (Lipinski definition) is 3. The lowest BCUT2D eigenvalue weighted by atomic mass is 10.4. The van der Waals surface area contributed by atoms with Crippen molar-refractivity contribution in [3.63, 3.8) is 0 Å². The van der Waals surface area contributed by atoms with Crippen LogP contribution in [0.2, 0.25) is 0 Å². The minimum absolute atomic E-state index is 0.490. The molecule has 1 aromatic rings. The first-order chi connectivity index (χ1) is 7.24. The standard InChI is InChI=1S/C9H17N5O/c1-2-14-7-12-6-8(14)5-11-3-4-13-9(10)15/h6-7,11H,2-5H2,1H3,(H3,10,13,15). The van der Waals surface area contributed by atoms with E-state index >= 15 is 0 Å². The number of imidazole rings is 1. The Morgan fingerprint density at radius 3 is 3.07 bits per heavy atom. The average Bonchev–Trinajstić information content (AvgIpc) is 2.64. The Morgan fingerprint density at radius 2 is 2.40 bits per heavy atom. The van der Waals surface area contributed by atoms with Crippen LogP contribution in [0, 0.1) is 0 Å². The largest absolute Gasteiger partial charge is 0.352 e. The van der Waals surface area contributed by atoms with Crippen LogP contribution in [0.5, 0.6) is 0 Å². The second kappa shape index (κ2) is 6.02. The van der Waals surface area contributed by atoms with E-state index in [1.165, 1.54) is 0 Å². The number of nitrogens with zero attached hydrogens (tertiary/aromatic N) is 2. The van der Waals surface area contributed by atoms with Crippen molar-refractivity contribution in [2.24, 2.45) is 5.73 Å². The number of urea groups is 1. The van der Waals surface area contributed by atoms with E-state index < -0.39 is 6.03 Å². The molecule has 1 heterocycles. The molecule has 15 heavy (non-hydrogen) atoms. The Labute approximate surface area is 88.9 Å². The SMILES string of the molecule is CCn1cncc1CNCCNC(N)=O. The van der Waals surface area contributed by atoms with Gasteiger partial charge in [0.1, 0.15) is 0 Å². The summed E-state index contributed by atoms with van der Waals surface area (Å²) in [6.07, 6.45) is 3.64. The van der Waals surface area contributed by atoms with Gasteiger partial charge in [0, 0.05) is 32.4 Å². The molecule has 0 aromatic carbocycles. The van der Waals surface area contributed by atoms with E-state index in [1.807, 2.05) is 6.20 Å². The van der Waals surface area contributed by atoms with Crippen molar-refractivity contribution in [3.05, 3.63) is 18.2 Å². The molecule has 0 aliphatic rings. The van der Waals surface area contributed by atoms with Crippen molar-refractivity contribution >= 4 is 6.03 Å². The number of primary amides is 1. The van der Waals surface area contributed by atoms with Gasteiger partial charge in [0.15, 0.2) is 0 Å². The van der Waals surface area contributed by atoms with Gasteiger partial charge in [-0.25, -0.2) is 9.78 Å². The summed E-state index contributed by atoms with van der Waals surface area (Å²) in [5.74, 6) is 0. The molecule has 4 N–H and O–H groups in total. The first-order valence-corrected chi connectivity index (χ1v) is 4.97. The zero-order valence-electron chi connectivity index (χ0n) is 8.86. The zero-order chi connectivity index (χ0) is 11.1. The summed E-state index contributed by atoms with van der Waals surface area (Å²) < 4.78 is 2.06. The van der Waals surface area contributed by atoms with Crippen molar-refractivity contribution < 1.29 is 4.79 Å². The predicted octanol–water partition coefficient (Wildman–Crippen LogP) is -0.339. The molecule has 1 aromatic heterocycles. The highest BCUT2D eigenvalue weighted by Crippen LogP contribution is 1.97. The summed E-state index contributed by atoms with van der Waals surface area (Å²) in [5, 5.41) is 5.69. The summed E-state index contributed by atoms with van der Waals surface area (Å²) in [5.41, 5.74) is 6.06. The van der Waals surface area contributed by atoms with E-state index in [4.69, 9.17) is 5.73 Å². The highest BCUT2D eigenvalue weighted by Gasteiger charge is 1.98. The average molecular weight is 211 g/mol. The maximum Gasteiger partial charge on any atom is 0.312 e. The number of hydrogen-bond acceptors (Lipinski definition) is 3. The van der Waals surface area contributed by atoms with Gasteiger partial charge in [-0.05, 0) is 6.92 Å². The summed E-state index contributed by atoms with van der Waals surface area (Å²) in [7, 11) is 0. The predicted molar refractivity (Wildman–Crippen MR) is 57.2 cm³/mol. The Bertz CT molecular complexity index is 309. The van der Waals surface area contributed by atoms with Crippen molar-refractivity contribution in [1.82, 2.24) is 20.2 Å². The summed E-state index contributed by atoms with van der Waals surface area (Å²) in [6.45, 7) is 4.96. The number of nitrogens with one attached hydrogen (secondary N) is 2. The third kappa shape index (κ3) is 3.99. The maximum absolute atomic E-state index is 10.4. The number of aromatic nitrogens is 2. The molecule has 0 bridgehead atoms. The van der Waals surface area contributed by atoms with Gasteiger partial charge in [-0.15, -0.1) is 0 Å². The van der Waals surface area contributed by atoms with Gasteiger partial charge in [0.05, 0.1) is 12.0 Å². The molecule has 0 fully saturated rings. The number of carbonyl (C=O) groups is 1. The lowest BCUT2D eigenvalue weighted by Gasteiger charge is -2.07. The van der Waals surface area contributed by atoms with E-state index in [0.717, 1.165) is 18.8 Å². The Kier molecular flexibility index (Phi) is 4.62. The monoisotopic (exact) mass is 211 g/mol. The first kappa shape index (κ1) is 11.5. The fraction of sp³-hybridized carbons (Fsp3) is 0.556. The van der Waals surface area contributed by atoms with E-state index in [0.29, 0.717) is 13.1 Å². The van der Waals surface area contributed by atoms with Gasteiger partial charge in [-0.3, -0.25) is 0 Å². The maximum atomic E-state index is 10.4. The molecule has 0 aliphatic heterocycles. The number of amides is 2. The van der Waals surface area contributed by atoms with Crippen LogP contribution in [-0.4, -0.2) is 28.7 Å². The van der Waals surface area contributed by atoms with E-state index in [1.54, 1.807) is 6.33 Å². The highest BCUT2D eigenvalue weighted by molar-refractivity contribution is 5.71. The number of rotatable bonds is 6. The van der Waals surface area contributed by atoms with Crippen LogP contribution in [0.15, 0.2) is 12.5 Å². The van der Waals surface area contributed by atoms with Crippen molar-refractivity contribution in [2.45, 2.75) is 20.0 Å². The Morgan fingerprint density at radius 1 is 1.60 bits per heavy atom. The molecular formula is C9H17N5O. The molecule has 0 spiro atoms. The van der Waals surface area contributed by atoms with Gasteiger partial charge in [0.2, 0.25) is 0 Å². The lowest BCUT2D eigenvalue weighted by molar-refractivity contribution is 0.249. The number of nitrogens with two attached hydrogens (primary N) is 1. The normalized spacial score (nSPS) is 10.2. The number of aryl methyl sites for hydroxylation is 1. The minimum atomic E-state index is -0.490. The van der Waals surface area contributed by atoms with Crippen molar-refractivity contribution in [3.8, 4) is 0 Å². The topological polar surface area (TPSA) is 85.0 Å². The fourth-order valence-electron chi connectivity index (χ4n) is 1.27. The highest BCUT2D eigenvalue weighted by atomic mass is 16.2. The lowest BCUT2D eigenvalue weighted by Crippen LogP contribution is -2.35. The molecule has 0 unspecified atom stereocenters. The second-order valence-corrected chi connectivity index (χ2v) is 3.14. The summed E-state index contributed by atoms with van der Waals surface area (Å²) >= 11 is 0. The summed E-state index contributed by atoms with van der Waals surface area (Å²) in [6, 6.07) is -0.490. The minimum Gasteiger partial charge on any atom is -0.352 e. The molecule has 0 saturated heterocycles. The van der Waals surface area contributed by atoms with E-state index in [9.17, 15) is 4.79 Å². The Hall–Kier alpha value is -1.56. The molecule has 6 heteroatoms. The molecule has 1 rings (SSSR count). The van der Waals surface area contributed by atoms with E-state index in [-0.39, 0.29) is 0 Å². The van der Waals surface area contributed by atoms with Crippen LogP contribution < -0.4 is 16.4 Å². The second-order valence-electron chi connectivity index (χ2n) is 3.14. The van der Waals surface area contributed by atoms with Gasteiger partial charge in [-0.2, -0.15) is 0 Å². The van der Waals surface area contributed by atoms with Crippen LogP contribution >= 0.6 is 0 Å². The molecule has 0 radical (unpaired) electrons. The van der Waals surface area contributed by atoms with Gasteiger partial charge < -0.3 is 20.9 Å². The van der Waals surface area contributed by atoms with Crippen LogP contribution in [0.3, 0.4) is 0 Å². The third-order valence-corrected chi connectivity index (χ3v) is 2.05. The summed E-state index contributed by atoms with van der Waals surface area (Å²) in [4.78, 5) is 14.4. The molecule has 0 atom stereocenters. The zero-order valence-corrected chi connectivity index (χ0v) is 8.86. The third-order valence-electron chi connectivity index (χ3n) is 2.05. The van der Waals surface area contributed by atoms with Gasteiger partial charge in [0.25, 0.3) is 0 Å². The number of carbonyl (C=O) groups excluding carboxylic acids is 1. The van der Waals surface area contributed by atoms with Gasteiger partial charge >= 0.3 is 6.03 Å². The van der Waals surface area contributed by atoms with E-state index in [2.05, 4.69) is 27.1 Å². The molecule has 0 aliphatic carbocycles. The van der Waals surface area contributed by atoms with Gasteiger partial charge in [-0.1, -0.05) is 0 Å². The van der Waals surface area contributed by atoms with Crippen LogP contribution in [-0.2, 0) is 13.1 Å². The first-order valence-electron chi connectivity index (χ1n) is 4.97.